The quantitative estimate of drug-likeness (QED) is 0.756. The molecule has 0 unspecified atom stereocenters. The summed E-state index contributed by atoms with van der Waals surface area (Å²) in [6.07, 6.45) is -1.12. The van der Waals surface area contributed by atoms with Gasteiger partial charge in [-0.2, -0.15) is 0 Å². The highest BCUT2D eigenvalue weighted by molar-refractivity contribution is 8.13. The van der Waals surface area contributed by atoms with Gasteiger partial charge in [-0.1, -0.05) is 13.3 Å². The summed E-state index contributed by atoms with van der Waals surface area (Å²) in [7, 11) is 0. The van der Waals surface area contributed by atoms with Crippen LogP contribution in [0.25, 0.3) is 0 Å². The maximum atomic E-state index is 12.7. The Hall–Kier alpha value is -1.41. The summed E-state index contributed by atoms with van der Waals surface area (Å²) in [5.74, 6) is 0.648. The van der Waals surface area contributed by atoms with Crippen LogP contribution in [0.2, 0.25) is 0 Å². The number of hydrogen-bond acceptors (Lipinski definition) is 5. The van der Waals surface area contributed by atoms with Gasteiger partial charge < -0.3 is 15.2 Å². The lowest BCUT2D eigenvalue weighted by atomic mass is 10.1. The van der Waals surface area contributed by atoms with E-state index < -0.39 is 12.4 Å². The minimum Gasteiger partial charge on any atom is -0.405 e. The van der Waals surface area contributed by atoms with Crippen LogP contribution >= 0.6 is 11.8 Å². The van der Waals surface area contributed by atoms with Gasteiger partial charge in [0.25, 0.3) is 0 Å². The molecule has 0 fully saturated rings. The Kier molecular flexibility index (Phi) is 7.43. The van der Waals surface area contributed by atoms with E-state index in [2.05, 4.69) is 9.73 Å². The van der Waals surface area contributed by atoms with E-state index in [1.54, 1.807) is 11.8 Å². The molecule has 0 amide bonds. The van der Waals surface area contributed by atoms with Gasteiger partial charge in [0.1, 0.15) is 11.8 Å². The highest BCUT2D eigenvalue weighted by atomic mass is 32.2. The zero-order chi connectivity index (χ0) is 18.3. The van der Waals surface area contributed by atoms with Crippen molar-refractivity contribution < 1.29 is 22.6 Å². The van der Waals surface area contributed by atoms with Crippen molar-refractivity contribution in [3.63, 3.8) is 0 Å². The van der Waals surface area contributed by atoms with Gasteiger partial charge in [-0.3, -0.25) is 4.99 Å². The minimum atomic E-state index is -4.77. The topological polar surface area (TPSA) is 56.8 Å². The molecule has 1 atom stereocenters. The highest BCUT2D eigenvalue weighted by Crippen LogP contribution is 2.35. The minimum absolute atomic E-state index is 0.200. The molecule has 0 aliphatic carbocycles. The number of hydrogen-bond donors (Lipinski definition) is 1. The number of thioether (sulfide) groups is 1. The van der Waals surface area contributed by atoms with Gasteiger partial charge >= 0.3 is 6.36 Å². The van der Waals surface area contributed by atoms with Crippen molar-refractivity contribution in [3.8, 4) is 5.75 Å². The maximum absolute atomic E-state index is 12.7. The second-order valence-electron chi connectivity index (χ2n) is 5.76. The van der Waals surface area contributed by atoms with Crippen molar-refractivity contribution in [2.45, 2.75) is 45.0 Å². The predicted molar refractivity (Wildman–Crippen MR) is 95.1 cm³/mol. The summed E-state index contributed by atoms with van der Waals surface area (Å²) in [4.78, 5) is 4.68. The number of halogens is 3. The second-order valence-corrected chi connectivity index (χ2v) is 6.93. The number of alkyl halides is 3. The first-order chi connectivity index (χ1) is 11.9. The van der Waals surface area contributed by atoms with Crippen molar-refractivity contribution in [2.24, 2.45) is 4.99 Å². The zero-order valence-corrected chi connectivity index (χ0v) is 15.0. The van der Waals surface area contributed by atoms with Crippen LogP contribution < -0.4 is 10.5 Å². The molecule has 8 heteroatoms. The molecule has 0 bridgehead atoms. The number of rotatable bonds is 4. The van der Waals surface area contributed by atoms with Gasteiger partial charge in [-0.15, -0.1) is 24.9 Å². The molecular formula is C17H23F3N2O2S. The highest BCUT2D eigenvalue weighted by Gasteiger charge is 2.33. The molecule has 140 valence electrons. The fourth-order valence-corrected chi connectivity index (χ4v) is 3.63. The molecule has 4 nitrogen and oxygen atoms in total. The standard InChI is InChI=1S/C17H23F3N2O2S/c1-2-5-16-22-14(11-23-8-3-4-9-25-16)13-10-12(21)6-7-15(13)24-17(18,19)20/h6-7,10,14H,2-5,8-9,11,21H2,1H3/b22-16-/t14-/m1/s1. The smallest absolute Gasteiger partial charge is 0.405 e. The summed E-state index contributed by atoms with van der Waals surface area (Å²) in [6, 6.07) is 3.53. The Bertz CT molecular complexity index is 594. The van der Waals surface area contributed by atoms with Crippen LogP contribution in [-0.2, 0) is 4.74 Å². The van der Waals surface area contributed by atoms with Crippen LogP contribution in [0.15, 0.2) is 23.2 Å². The largest absolute Gasteiger partial charge is 0.573 e. The van der Waals surface area contributed by atoms with Crippen LogP contribution in [0, 0.1) is 0 Å². The average molecular weight is 376 g/mol. The third kappa shape index (κ3) is 6.78. The van der Waals surface area contributed by atoms with Crippen molar-refractivity contribution >= 4 is 22.5 Å². The van der Waals surface area contributed by atoms with Crippen molar-refractivity contribution in [1.82, 2.24) is 0 Å². The molecule has 0 aromatic heterocycles. The van der Waals surface area contributed by atoms with Gasteiger partial charge in [0.05, 0.1) is 11.7 Å². The number of nitrogens with two attached hydrogens (primary N) is 1. The van der Waals surface area contributed by atoms with E-state index in [0.717, 1.165) is 36.5 Å². The molecule has 1 aromatic rings. The van der Waals surface area contributed by atoms with E-state index in [9.17, 15) is 13.2 Å². The summed E-state index contributed by atoms with van der Waals surface area (Å²) in [5, 5.41) is 0.929. The van der Waals surface area contributed by atoms with E-state index >= 15 is 0 Å². The number of nitrogens with zero attached hydrogens (tertiary/aromatic N) is 1. The van der Waals surface area contributed by atoms with Crippen LogP contribution in [-0.4, -0.2) is 30.4 Å². The van der Waals surface area contributed by atoms with E-state index in [0.29, 0.717) is 17.9 Å². The molecule has 0 saturated carbocycles. The summed E-state index contributed by atoms with van der Waals surface area (Å²) in [5.41, 5.74) is 6.45. The fourth-order valence-electron chi connectivity index (χ4n) is 2.49. The molecular weight excluding hydrogens is 353 g/mol. The Morgan fingerprint density at radius 2 is 2.16 bits per heavy atom. The summed E-state index contributed by atoms with van der Waals surface area (Å²) < 4.78 is 48.0. The maximum Gasteiger partial charge on any atom is 0.573 e. The molecule has 0 radical (unpaired) electrons. The third-order valence-electron chi connectivity index (χ3n) is 3.61. The fraction of sp³-hybridized carbons (Fsp3) is 0.588. The SMILES string of the molecule is CCC/C1=N/[C@@H](c2cc(N)ccc2OC(F)(F)F)COCCCCS1. The molecule has 2 rings (SSSR count). The lowest BCUT2D eigenvalue weighted by Crippen LogP contribution is -2.20. The Balaban J connectivity index is 2.38. The first-order valence-electron chi connectivity index (χ1n) is 8.31. The molecule has 0 spiro atoms. The predicted octanol–water partition coefficient (Wildman–Crippen LogP) is 4.95. The van der Waals surface area contributed by atoms with E-state index in [1.165, 1.54) is 18.2 Å². The number of aliphatic imine (C=N–C) groups is 1. The Morgan fingerprint density at radius 1 is 1.36 bits per heavy atom. The van der Waals surface area contributed by atoms with Gasteiger partial charge in [0.2, 0.25) is 0 Å². The van der Waals surface area contributed by atoms with Crippen molar-refractivity contribution in [3.05, 3.63) is 23.8 Å². The third-order valence-corrected chi connectivity index (χ3v) is 4.75. The van der Waals surface area contributed by atoms with Crippen LogP contribution in [0.4, 0.5) is 18.9 Å². The lowest BCUT2D eigenvalue weighted by molar-refractivity contribution is -0.275. The average Bonchev–Trinajstić information content (AvgIpc) is 2.54. The van der Waals surface area contributed by atoms with Crippen LogP contribution in [0.1, 0.15) is 44.2 Å². The molecule has 1 aliphatic heterocycles. The molecule has 1 heterocycles. The first kappa shape index (κ1) is 19.9. The molecule has 2 N–H and O–H groups in total. The van der Waals surface area contributed by atoms with E-state index in [-0.39, 0.29) is 12.4 Å². The molecule has 0 saturated heterocycles. The van der Waals surface area contributed by atoms with E-state index in [1.807, 2.05) is 6.92 Å². The van der Waals surface area contributed by atoms with Crippen molar-refractivity contribution in [1.29, 1.82) is 0 Å². The number of benzene rings is 1. The monoisotopic (exact) mass is 376 g/mol. The number of nitrogen functional groups attached to an aromatic ring is 1. The van der Waals surface area contributed by atoms with Gasteiger partial charge in [-0.05, 0) is 43.2 Å². The van der Waals surface area contributed by atoms with Crippen molar-refractivity contribution in [2.75, 3.05) is 24.7 Å². The van der Waals surface area contributed by atoms with Gasteiger partial charge in [-0.25, -0.2) is 0 Å². The van der Waals surface area contributed by atoms with E-state index in [4.69, 9.17) is 10.5 Å². The van der Waals surface area contributed by atoms with Crippen LogP contribution in [0.3, 0.4) is 0 Å². The summed E-state index contributed by atoms with van der Waals surface area (Å²) >= 11 is 1.67. The molecule has 1 aliphatic rings. The lowest BCUT2D eigenvalue weighted by Gasteiger charge is -2.21. The van der Waals surface area contributed by atoms with Gasteiger partial charge in [0, 0.05) is 17.9 Å². The summed E-state index contributed by atoms with van der Waals surface area (Å²) in [6.45, 7) is 2.81. The second kappa shape index (κ2) is 9.33. The molecule has 25 heavy (non-hydrogen) atoms. The number of anilines is 1. The first-order valence-corrected chi connectivity index (χ1v) is 9.30. The zero-order valence-electron chi connectivity index (χ0n) is 14.1. The normalized spacial score (nSPS) is 22.1. The molecule has 1 aromatic carbocycles. The Morgan fingerprint density at radius 3 is 2.88 bits per heavy atom. The van der Waals surface area contributed by atoms with Gasteiger partial charge in [0.15, 0.2) is 0 Å². The number of ether oxygens (including phenoxy) is 2. The van der Waals surface area contributed by atoms with Crippen LogP contribution in [0.5, 0.6) is 5.75 Å². The Labute approximate surface area is 150 Å².